The topological polar surface area (TPSA) is 167 Å². The highest BCUT2D eigenvalue weighted by molar-refractivity contribution is 5.93. The van der Waals surface area contributed by atoms with Crippen LogP contribution in [0.3, 0.4) is 0 Å². The van der Waals surface area contributed by atoms with Gasteiger partial charge in [-0.3, -0.25) is 19.6 Å². The van der Waals surface area contributed by atoms with E-state index in [4.69, 9.17) is 14.4 Å². The highest BCUT2D eigenvalue weighted by atomic mass is 16.5. The molecule has 1 atom stereocenters. The van der Waals surface area contributed by atoms with Gasteiger partial charge >= 0.3 is 5.97 Å². The SMILES string of the molecule is CCCCC[C@H](CC(=O)NO)C(=O)NCNC(=O)c1ccc(-c2cc(OCC)cc(C(=O)O)c2)o1. The largest absolute Gasteiger partial charge is 0.494 e. The van der Waals surface area contributed by atoms with E-state index in [0.29, 0.717) is 24.3 Å². The molecule has 0 aliphatic carbocycles. The van der Waals surface area contributed by atoms with Crippen LogP contribution in [0.4, 0.5) is 0 Å². The highest BCUT2D eigenvalue weighted by Crippen LogP contribution is 2.28. The number of carbonyl (C=O) groups is 4. The van der Waals surface area contributed by atoms with Gasteiger partial charge in [0.2, 0.25) is 11.8 Å². The molecule has 35 heavy (non-hydrogen) atoms. The van der Waals surface area contributed by atoms with Gasteiger partial charge in [0.1, 0.15) is 11.5 Å². The summed E-state index contributed by atoms with van der Waals surface area (Å²) < 4.78 is 11.0. The number of unbranched alkanes of at least 4 members (excludes halogenated alkanes) is 2. The Morgan fingerprint density at radius 3 is 2.49 bits per heavy atom. The maximum atomic E-state index is 12.5. The molecule has 0 saturated heterocycles. The summed E-state index contributed by atoms with van der Waals surface area (Å²) in [6, 6.07) is 7.37. The van der Waals surface area contributed by atoms with E-state index in [9.17, 15) is 24.3 Å². The quantitative estimate of drug-likeness (QED) is 0.117. The van der Waals surface area contributed by atoms with Crippen LogP contribution in [0.1, 0.15) is 66.9 Å². The van der Waals surface area contributed by atoms with Gasteiger partial charge in [0.15, 0.2) is 5.76 Å². The number of aromatic carboxylic acids is 1. The first-order valence-corrected chi connectivity index (χ1v) is 11.4. The second-order valence-electron chi connectivity index (χ2n) is 7.80. The number of nitrogens with one attached hydrogen (secondary N) is 3. The summed E-state index contributed by atoms with van der Waals surface area (Å²) in [5.41, 5.74) is 1.97. The first-order valence-electron chi connectivity index (χ1n) is 11.4. The molecule has 1 aromatic heterocycles. The Kier molecular flexibility index (Phi) is 10.8. The molecule has 1 heterocycles. The molecule has 11 nitrogen and oxygen atoms in total. The molecule has 0 radical (unpaired) electrons. The summed E-state index contributed by atoms with van der Waals surface area (Å²) in [7, 11) is 0. The van der Waals surface area contributed by atoms with Gasteiger partial charge in [0, 0.05) is 17.9 Å². The number of rotatable bonds is 14. The van der Waals surface area contributed by atoms with Crippen LogP contribution in [-0.4, -0.2) is 47.3 Å². The number of benzene rings is 1. The molecule has 0 saturated carbocycles. The summed E-state index contributed by atoms with van der Waals surface area (Å²) in [4.78, 5) is 47.8. The smallest absolute Gasteiger partial charge is 0.335 e. The van der Waals surface area contributed by atoms with Gasteiger partial charge in [-0.1, -0.05) is 26.2 Å². The maximum absolute atomic E-state index is 12.5. The first kappa shape index (κ1) is 27.4. The number of amides is 3. The van der Waals surface area contributed by atoms with Crippen LogP contribution >= 0.6 is 0 Å². The third-order valence-electron chi connectivity index (χ3n) is 5.17. The fourth-order valence-corrected chi connectivity index (χ4v) is 3.41. The van der Waals surface area contributed by atoms with Gasteiger partial charge in [-0.15, -0.1) is 0 Å². The van der Waals surface area contributed by atoms with E-state index in [2.05, 4.69) is 10.6 Å². The van der Waals surface area contributed by atoms with Crippen molar-refractivity contribution in [1.82, 2.24) is 16.1 Å². The number of hydroxylamine groups is 1. The number of ether oxygens (including phenoxy) is 1. The van der Waals surface area contributed by atoms with Gasteiger partial charge in [0.25, 0.3) is 5.91 Å². The predicted molar refractivity (Wildman–Crippen MR) is 125 cm³/mol. The molecule has 0 fully saturated rings. The molecule has 0 unspecified atom stereocenters. The lowest BCUT2D eigenvalue weighted by Gasteiger charge is -2.16. The molecular formula is C24H31N3O8. The Morgan fingerprint density at radius 1 is 1.06 bits per heavy atom. The van der Waals surface area contributed by atoms with Crippen molar-refractivity contribution >= 4 is 23.7 Å². The lowest BCUT2D eigenvalue weighted by atomic mass is 9.96. The minimum absolute atomic E-state index is 0.0134. The normalized spacial score (nSPS) is 11.4. The van der Waals surface area contributed by atoms with Gasteiger partial charge in [0.05, 0.1) is 18.8 Å². The van der Waals surface area contributed by atoms with Crippen molar-refractivity contribution in [3.8, 4) is 17.1 Å². The zero-order valence-corrected chi connectivity index (χ0v) is 19.8. The molecule has 2 aromatic rings. The number of hydrogen-bond donors (Lipinski definition) is 5. The minimum atomic E-state index is -1.13. The second-order valence-corrected chi connectivity index (χ2v) is 7.80. The van der Waals surface area contributed by atoms with Crippen LogP contribution in [0.5, 0.6) is 5.75 Å². The van der Waals surface area contributed by atoms with Crippen molar-refractivity contribution in [3.05, 3.63) is 41.7 Å². The summed E-state index contributed by atoms with van der Waals surface area (Å²) in [5.74, 6) is -2.84. The molecule has 5 N–H and O–H groups in total. The van der Waals surface area contributed by atoms with Crippen LogP contribution < -0.4 is 20.9 Å². The van der Waals surface area contributed by atoms with Gasteiger partial charge < -0.3 is 24.9 Å². The average Bonchev–Trinajstić information content (AvgIpc) is 3.34. The maximum Gasteiger partial charge on any atom is 0.335 e. The van der Waals surface area contributed by atoms with Crippen molar-refractivity contribution in [2.75, 3.05) is 13.3 Å². The summed E-state index contributed by atoms with van der Waals surface area (Å²) in [5, 5.41) is 23.1. The Bertz CT molecular complexity index is 1030. The number of carboxylic acids is 1. The van der Waals surface area contributed by atoms with Gasteiger partial charge in [-0.2, -0.15) is 0 Å². The summed E-state index contributed by atoms with van der Waals surface area (Å²) in [6.07, 6.45) is 2.92. The third kappa shape index (κ3) is 8.45. The molecule has 2 rings (SSSR count). The molecule has 1 aromatic carbocycles. The molecule has 0 bridgehead atoms. The standard InChI is InChI=1S/C24H31N3O8/c1-3-5-6-7-15(13-21(28)27-33)22(29)25-14-26-23(30)20-9-8-19(35-20)16-10-17(24(31)32)12-18(11-16)34-4-2/h8-12,15,33H,3-7,13-14H2,1-2H3,(H,25,29)(H,26,30)(H,27,28)(H,31,32)/t15-/m1/s1. The number of hydrogen-bond acceptors (Lipinski definition) is 7. The zero-order valence-electron chi connectivity index (χ0n) is 19.8. The van der Waals surface area contributed by atoms with Crippen molar-refractivity contribution in [3.63, 3.8) is 0 Å². The Labute approximate surface area is 202 Å². The van der Waals surface area contributed by atoms with Crippen LogP contribution in [0.15, 0.2) is 34.7 Å². The Balaban J connectivity index is 2.00. The molecule has 11 heteroatoms. The molecule has 0 aliphatic heterocycles. The van der Waals surface area contributed by atoms with E-state index in [1.165, 1.54) is 29.7 Å². The molecular weight excluding hydrogens is 458 g/mol. The van der Waals surface area contributed by atoms with E-state index in [1.807, 2.05) is 6.92 Å². The van der Waals surface area contributed by atoms with Crippen molar-refractivity contribution in [2.45, 2.75) is 46.0 Å². The number of carbonyl (C=O) groups excluding carboxylic acids is 3. The monoisotopic (exact) mass is 489 g/mol. The number of furan rings is 1. The Hall–Kier alpha value is -3.86. The molecule has 0 aliphatic rings. The molecule has 190 valence electrons. The van der Waals surface area contributed by atoms with E-state index in [1.54, 1.807) is 13.0 Å². The zero-order chi connectivity index (χ0) is 25.8. The fourth-order valence-electron chi connectivity index (χ4n) is 3.41. The average molecular weight is 490 g/mol. The van der Waals surface area contributed by atoms with Crippen LogP contribution in [0.2, 0.25) is 0 Å². The minimum Gasteiger partial charge on any atom is -0.494 e. The Morgan fingerprint density at radius 2 is 1.83 bits per heavy atom. The van der Waals surface area contributed by atoms with E-state index < -0.39 is 29.6 Å². The lowest BCUT2D eigenvalue weighted by Crippen LogP contribution is -2.41. The lowest BCUT2D eigenvalue weighted by molar-refractivity contribution is -0.135. The molecule has 0 spiro atoms. The van der Waals surface area contributed by atoms with Crippen LogP contribution in [0.25, 0.3) is 11.3 Å². The van der Waals surface area contributed by atoms with E-state index in [0.717, 1.165) is 19.3 Å². The van der Waals surface area contributed by atoms with Crippen LogP contribution in [0, 0.1) is 5.92 Å². The van der Waals surface area contributed by atoms with E-state index in [-0.39, 0.29) is 30.2 Å². The molecule has 3 amide bonds. The van der Waals surface area contributed by atoms with Gasteiger partial charge in [-0.25, -0.2) is 10.3 Å². The fraction of sp³-hybridized carbons (Fsp3) is 0.417. The first-order chi connectivity index (χ1) is 16.8. The summed E-state index contributed by atoms with van der Waals surface area (Å²) in [6.45, 7) is 3.95. The van der Waals surface area contributed by atoms with Crippen molar-refractivity contribution in [2.24, 2.45) is 5.92 Å². The highest BCUT2D eigenvalue weighted by Gasteiger charge is 2.22. The van der Waals surface area contributed by atoms with E-state index >= 15 is 0 Å². The van der Waals surface area contributed by atoms with Crippen molar-refractivity contribution < 1.29 is 38.6 Å². The predicted octanol–water partition coefficient (Wildman–Crippen LogP) is 2.94. The number of carboxylic acid groups (broad SMARTS) is 1. The van der Waals surface area contributed by atoms with Crippen LogP contribution in [-0.2, 0) is 9.59 Å². The van der Waals surface area contributed by atoms with Gasteiger partial charge in [-0.05, 0) is 43.7 Å². The second kappa shape index (κ2) is 13.8. The van der Waals surface area contributed by atoms with Crippen molar-refractivity contribution in [1.29, 1.82) is 0 Å². The third-order valence-corrected chi connectivity index (χ3v) is 5.17. The summed E-state index contributed by atoms with van der Waals surface area (Å²) >= 11 is 0.